The Morgan fingerprint density at radius 3 is 2.52 bits per heavy atom. The van der Waals surface area contributed by atoms with Crippen LogP contribution in [0.2, 0.25) is 0 Å². The van der Waals surface area contributed by atoms with E-state index in [1.54, 1.807) is 0 Å². The number of benzene rings is 1. The van der Waals surface area contributed by atoms with Gasteiger partial charge in [-0.05, 0) is 12.1 Å². The molecule has 0 fully saturated rings. The number of carboxylic acids is 1. The monoisotopic (exact) mass is 300 g/mol. The van der Waals surface area contributed by atoms with Crippen LogP contribution in [0.4, 0.5) is 13.2 Å². The Morgan fingerprint density at radius 2 is 2.05 bits per heavy atom. The molecular weight excluding hydrogens is 289 g/mol. The van der Waals surface area contributed by atoms with Gasteiger partial charge in [0.2, 0.25) is 0 Å². The maximum atomic E-state index is 12.6. The highest BCUT2D eigenvalue weighted by Gasteiger charge is 2.34. The summed E-state index contributed by atoms with van der Waals surface area (Å²) < 4.78 is 44.1. The first-order valence-corrected chi connectivity index (χ1v) is 5.76. The normalized spacial score (nSPS) is 11.5. The summed E-state index contributed by atoms with van der Waals surface area (Å²) in [5, 5.41) is 8.97. The Morgan fingerprint density at radius 1 is 1.38 bits per heavy atom. The molecule has 0 aliphatic carbocycles. The molecule has 0 amide bonds. The second-order valence-corrected chi connectivity index (χ2v) is 4.28. The van der Waals surface area contributed by atoms with Gasteiger partial charge >= 0.3 is 12.1 Å². The van der Waals surface area contributed by atoms with Crippen LogP contribution < -0.4 is 4.74 Å². The minimum absolute atomic E-state index is 0.0524. The van der Waals surface area contributed by atoms with Crippen molar-refractivity contribution in [1.82, 2.24) is 9.55 Å². The molecule has 2 rings (SSSR count). The zero-order valence-electron chi connectivity index (χ0n) is 11.1. The second kappa shape index (κ2) is 5.12. The molecule has 0 radical (unpaired) electrons. The molecule has 1 N–H and O–H groups in total. The summed E-state index contributed by atoms with van der Waals surface area (Å²) in [5.41, 5.74) is -0.761. The van der Waals surface area contributed by atoms with E-state index in [0.717, 1.165) is 6.20 Å². The van der Waals surface area contributed by atoms with E-state index in [-0.39, 0.29) is 17.1 Å². The number of ether oxygens (including phenoxy) is 1. The quantitative estimate of drug-likeness (QED) is 0.946. The van der Waals surface area contributed by atoms with Crippen LogP contribution in [0.15, 0.2) is 24.4 Å². The van der Waals surface area contributed by atoms with Crippen LogP contribution in [-0.4, -0.2) is 27.7 Å². The predicted molar refractivity (Wildman–Crippen MR) is 67.2 cm³/mol. The van der Waals surface area contributed by atoms with E-state index >= 15 is 0 Å². The lowest BCUT2D eigenvalue weighted by Gasteiger charge is -2.07. The Kier molecular flexibility index (Phi) is 3.63. The standard InChI is InChI=1S/C13H11F3N2O3/c1-18-6-10(13(14,15)16)17-11(18)7-3-4-8(12(19)20)9(5-7)21-2/h3-6H,1-2H3,(H,19,20). The molecule has 0 aliphatic heterocycles. The molecule has 1 aromatic carbocycles. The highest BCUT2D eigenvalue weighted by molar-refractivity contribution is 5.91. The molecule has 2 aromatic rings. The fourth-order valence-electron chi connectivity index (χ4n) is 1.88. The summed E-state index contributed by atoms with van der Waals surface area (Å²) in [6.45, 7) is 0. The fraction of sp³-hybridized carbons (Fsp3) is 0.231. The van der Waals surface area contributed by atoms with Crippen LogP contribution in [0, 0.1) is 0 Å². The smallest absolute Gasteiger partial charge is 0.434 e. The first kappa shape index (κ1) is 14.9. The third-order valence-corrected chi connectivity index (χ3v) is 2.86. The number of carboxylic acid groups (broad SMARTS) is 1. The van der Waals surface area contributed by atoms with Crippen molar-refractivity contribution >= 4 is 5.97 Å². The number of aromatic nitrogens is 2. The number of halogens is 3. The number of rotatable bonds is 3. The van der Waals surface area contributed by atoms with Crippen molar-refractivity contribution in [3.05, 3.63) is 35.7 Å². The number of aryl methyl sites for hydroxylation is 1. The van der Waals surface area contributed by atoms with Crippen molar-refractivity contribution in [3.8, 4) is 17.1 Å². The van der Waals surface area contributed by atoms with E-state index < -0.39 is 17.8 Å². The van der Waals surface area contributed by atoms with Crippen LogP contribution in [0.3, 0.4) is 0 Å². The van der Waals surface area contributed by atoms with Crippen LogP contribution >= 0.6 is 0 Å². The second-order valence-electron chi connectivity index (χ2n) is 4.28. The SMILES string of the molecule is COc1cc(-c2nc(C(F)(F)F)cn2C)ccc1C(=O)O. The van der Waals surface area contributed by atoms with E-state index in [1.807, 2.05) is 0 Å². The van der Waals surface area contributed by atoms with Gasteiger partial charge < -0.3 is 14.4 Å². The van der Waals surface area contributed by atoms with E-state index in [0.29, 0.717) is 5.56 Å². The molecule has 0 saturated heterocycles. The van der Waals surface area contributed by atoms with Gasteiger partial charge in [0, 0.05) is 18.8 Å². The summed E-state index contributed by atoms with van der Waals surface area (Å²) in [4.78, 5) is 14.5. The number of nitrogens with zero attached hydrogens (tertiary/aromatic N) is 2. The third kappa shape index (κ3) is 2.83. The van der Waals surface area contributed by atoms with Gasteiger partial charge in [0.1, 0.15) is 17.1 Å². The van der Waals surface area contributed by atoms with Crippen LogP contribution in [0.5, 0.6) is 5.75 Å². The van der Waals surface area contributed by atoms with E-state index in [9.17, 15) is 18.0 Å². The lowest BCUT2D eigenvalue weighted by Crippen LogP contribution is -2.05. The molecule has 1 heterocycles. The van der Waals surface area contributed by atoms with Crippen LogP contribution in [0.1, 0.15) is 16.1 Å². The van der Waals surface area contributed by atoms with Gasteiger partial charge in [0.25, 0.3) is 0 Å². The first-order valence-electron chi connectivity index (χ1n) is 5.76. The van der Waals surface area contributed by atoms with Gasteiger partial charge in [-0.3, -0.25) is 0 Å². The van der Waals surface area contributed by atoms with Crippen LogP contribution in [-0.2, 0) is 13.2 Å². The molecule has 1 aromatic heterocycles. The number of methoxy groups -OCH3 is 1. The minimum atomic E-state index is -4.54. The molecule has 0 spiro atoms. The average Bonchev–Trinajstić information content (AvgIpc) is 2.80. The highest BCUT2D eigenvalue weighted by Crippen LogP contribution is 2.32. The van der Waals surface area contributed by atoms with Gasteiger partial charge in [0.15, 0.2) is 5.69 Å². The number of carbonyl (C=O) groups is 1. The molecular formula is C13H11F3N2O3. The first-order chi connectivity index (χ1) is 9.74. The van der Waals surface area contributed by atoms with E-state index in [1.165, 1.54) is 36.9 Å². The number of hydrogen-bond donors (Lipinski definition) is 1. The lowest BCUT2D eigenvalue weighted by molar-refractivity contribution is -0.140. The number of imidazole rings is 1. The van der Waals surface area contributed by atoms with E-state index in [4.69, 9.17) is 9.84 Å². The fourth-order valence-corrected chi connectivity index (χ4v) is 1.88. The minimum Gasteiger partial charge on any atom is -0.496 e. The summed E-state index contributed by atoms with van der Waals surface area (Å²) in [6.07, 6.45) is -3.67. The molecule has 112 valence electrons. The molecule has 0 atom stereocenters. The molecule has 0 aliphatic rings. The Bertz CT molecular complexity index is 692. The molecule has 21 heavy (non-hydrogen) atoms. The molecule has 8 heteroatoms. The average molecular weight is 300 g/mol. The summed E-state index contributed by atoms with van der Waals surface area (Å²) in [7, 11) is 2.71. The van der Waals surface area contributed by atoms with Crippen molar-refractivity contribution in [3.63, 3.8) is 0 Å². The van der Waals surface area contributed by atoms with Crippen molar-refractivity contribution < 1.29 is 27.8 Å². The Labute approximate surface area is 117 Å². The maximum Gasteiger partial charge on any atom is 0.434 e. The van der Waals surface area contributed by atoms with Crippen molar-refractivity contribution in [2.24, 2.45) is 7.05 Å². The van der Waals surface area contributed by atoms with Crippen LogP contribution in [0.25, 0.3) is 11.4 Å². The Hall–Kier alpha value is -2.51. The largest absolute Gasteiger partial charge is 0.496 e. The van der Waals surface area contributed by atoms with Crippen molar-refractivity contribution in [2.75, 3.05) is 7.11 Å². The van der Waals surface area contributed by atoms with E-state index in [2.05, 4.69) is 4.98 Å². The van der Waals surface area contributed by atoms with Gasteiger partial charge in [-0.15, -0.1) is 0 Å². The third-order valence-electron chi connectivity index (χ3n) is 2.86. The molecule has 5 nitrogen and oxygen atoms in total. The van der Waals surface area contributed by atoms with Crippen molar-refractivity contribution in [1.29, 1.82) is 0 Å². The van der Waals surface area contributed by atoms with Gasteiger partial charge in [-0.1, -0.05) is 6.07 Å². The maximum absolute atomic E-state index is 12.6. The summed E-state index contributed by atoms with van der Waals surface area (Å²) >= 11 is 0. The lowest BCUT2D eigenvalue weighted by atomic mass is 10.1. The van der Waals surface area contributed by atoms with Gasteiger partial charge in [-0.25, -0.2) is 9.78 Å². The zero-order chi connectivity index (χ0) is 15.8. The van der Waals surface area contributed by atoms with Gasteiger partial charge in [0.05, 0.1) is 7.11 Å². The molecule has 0 bridgehead atoms. The highest BCUT2D eigenvalue weighted by atomic mass is 19.4. The summed E-state index contributed by atoms with van der Waals surface area (Å²) in [6, 6.07) is 3.98. The number of alkyl halides is 3. The summed E-state index contributed by atoms with van der Waals surface area (Å²) in [5.74, 6) is -1.07. The number of aromatic carboxylic acids is 1. The molecule has 0 saturated carbocycles. The van der Waals surface area contributed by atoms with Crippen molar-refractivity contribution in [2.45, 2.75) is 6.18 Å². The molecule has 0 unspecified atom stereocenters. The predicted octanol–water partition coefficient (Wildman–Crippen LogP) is 2.81. The number of hydrogen-bond acceptors (Lipinski definition) is 3. The zero-order valence-corrected chi connectivity index (χ0v) is 11.1. The Balaban J connectivity index is 2.53. The topological polar surface area (TPSA) is 64.4 Å². The van der Waals surface area contributed by atoms with Gasteiger partial charge in [-0.2, -0.15) is 13.2 Å².